The fourth-order valence-electron chi connectivity index (χ4n) is 3.76. The Morgan fingerprint density at radius 3 is 2.66 bits per heavy atom. The van der Waals surface area contributed by atoms with Crippen molar-refractivity contribution < 1.29 is 9.18 Å². The molecule has 0 aliphatic heterocycles. The van der Waals surface area contributed by atoms with Gasteiger partial charge in [-0.25, -0.2) is 4.39 Å². The summed E-state index contributed by atoms with van der Waals surface area (Å²) in [4.78, 5) is 21.5. The van der Waals surface area contributed by atoms with Gasteiger partial charge in [-0.1, -0.05) is 20.4 Å². The number of benzene rings is 1. The van der Waals surface area contributed by atoms with E-state index in [9.17, 15) is 9.18 Å². The lowest BCUT2D eigenvalue weighted by molar-refractivity contribution is 0.0948. The first-order valence-electron chi connectivity index (χ1n) is 10.0. The number of likely N-dealkylation sites (N-methyl/N-ethyl adjacent to an activating group) is 1. The quantitative estimate of drug-likeness (QED) is 0.575. The van der Waals surface area contributed by atoms with Crippen molar-refractivity contribution in [3.05, 3.63) is 57.1 Å². The molecule has 0 radical (unpaired) electrons. The SMILES string of the molecule is C=c1[nH]c2ccc(F)cc2/c1=C/c1[nH]c(C)c(C(=O)NCCN(CC)CC)c1C. The number of nitrogens with zero attached hydrogens (tertiary/aromatic N) is 1. The van der Waals surface area contributed by atoms with Gasteiger partial charge >= 0.3 is 0 Å². The first kappa shape index (κ1) is 20.9. The van der Waals surface area contributed by atoms with E-state index in [2.05, 4.69) is 40.6 Å². The first-order valence-corrected chi connectivity index (χ1v) is 10.0. The van der Waals surface area contributed by atoms with Crippen molar-refractivity contribution in [1.82, 2.24) is 20.2 Å². The number of H-pyrrole nitrogens is 2. The highest BCUT2D eigenvalue weighted by molar-refractivity contribution is 5.98. The lowest BCUT2D eigenvalue weighted by Crippen LogP contribution is -2.35. The molecule has 0 bridgehead atoms. The van der Waals surface area contributed by atoms with Crippen molar-refractivity contribution in [2.45, 2.75) is 27.7 Å². The summed E-state index contributed by atoms with van der Waals surface area (Å²) in [7, 11) is 0. The molecule has 2 aromatic heterocycles. The smallest absolute Gasteiger partial charge is 0.253 e. The molecule has 0 atom stereocenters. The lowest BCUT2D eigenvalue weighted by Gasteiger charge is -2.18. The Hall–Kier alpha value is -2.86. The summed E-state index contributed by atoms with van der Waals surface area (Å²) in [5, 5.41) is 5.32. The van der Waals surface area contributed by atoms with Crippen LogP contribution in [0.25, 0.3) is 23.6 Å². The van der Waals surface area contributed by atoms with Crippen LogP contribution >= 0.6 is 0 Å². The van der Waals surface area contributed by atoms with Crippen LogP contribution in [0.5, 0.6) is 0 Å². The maximum Gasteiger partial charge on any atom is 0.253 e. The predicted octanol–water partition coefficient (Wildman–Crippen LogP) is 2.56. The molecule has 3 aromatic rings. The van der Waals surface area contributed by atoms with E-state index in [1.807, 2.05) is 19.9 Å². The zero-order valence-corrected chi connectivity index (χ0v) is 17.6. The first-order chi connectivity index (χ1) is 13.8. The Morgan fingerprint density at radius 2 is 1.97 bits per heavy atom. The molecule has 3 rings (SSSR count). The van der Waals surface area contributed by atoms with Gasteiger partial charge in [0.25, 0.3) is 5.91 Å². The van der Waals surface area contributed by atoms with Crippen molar-refractivity contribution in [3.8, 4) is 0 Å². The molecule has 2 heterocycles. The van der Waals surface area contributed by atoms with E-state index < -0.39 is 0 Å². The average Bonchev–Trinajstić information content (AvgIpc) is 3.14. The molecule has 6 heteroatoms. The molecule has 0 saturated heterocycles. The Labute approximate surface area is 170 Å². The van der Waals surface area contributed by atoms with E-state index >= 15 is 0 Å². The number of aryl methyl sites for hydroxylation is 1. The molecule has 0 fully saturated rings. The summed E-state index contributed by atoms with van der Waals surface area (Å²) < 4.78 is 13.7. The van der Waals surface area contributed by atoms with E-state index in [1.54, 1.807) is 6.07 Å². The van der Waals surface area contributed by atoms with Crippen LogP contribution < -0.4 is 15.9 Å². The van der Waals surface area contributed by atoms with E-state index in [0.29, 0.717) is 17.5 Å². The monoisotopic (exact) mass is 396 g/mol. The standard InChI is InChI=1S/C23H29FN4O/c1-6-28(7-2)11-10-25-23(29)22-14(3)21(27-16(22)5)13-18-15(4)26-20-9-8-17(24)12-19(18)20/h8-9,12-13,26-27H,4,6-7,10-11H2,1-3,5H3,(H,25,29)/b18-13+. The van der Waals surface area contributed by atoms with Crippen LogP contribution in [0, 0.1) is 19.7 Å². The van der Waals surface area contributed by atoms with Gasteiger partial charge < -0.3 is 20.2 Å². The van der Waals surface area contributed by atoms with Gasteiger partial charge in [0.1, 0.15) is 5.82 Å². The van der Waals surface area contributed by atoms with Crippen molar-refractivity contribution in [3.63, 3.8) is 0 Å². The second kappa shape index (κ2) is 8.66. The molecular weight excluding hydrogens is 367 g/mol. The van der Waals surface area contributed by atoms with Gasteiger partial charge in [-0.15, -0.1) is 0 Å². The van der Waals surface area contributed by atoms with Gasteiger partial charge in [0, 0.05) is 45.9 Å². The highest BCUT2D eigenvalue weighted by atomic mass is 19.1. The maximum atomic E-state index is 13.7. The second-order valence-corrected chi connectivity index (χ2v) is 7.30. The number of hydrogen-bond acceptors (Lipinski definition) is 2. The molecule has 0 unspecified atom stereocenters. The lowest BCUT2D eigenvalue weighted by atomic mass is 10.1. The number of nitrogens with one attached hydrogen (secondary N) is 3. The van der Waals surface area contributed by atoms with E-state index in [0.717, 1.165) is 52.7 Å². The molecule has 154 valence electrons. The van der Waals surface area contributed by atoms with Gasteiger partial charge in [-0.05, 0) is 56.8 Å². The third-order valence-corrected chi connectivity index (χ3v) is 5.48. The average molecular weight is 397 g/mol. The number of aromatic nitrogens is 2. The minimum absolute atomic E-state index is 0.0807. The van der Waals surface area contributed by atoms with Crippen molar-refractivity contribution in [2.75, 3.05) is 26.2 Å². The van der Waals surface area contributed by atoms with E-state index in [1.165, 1.54) is 12.1 Å². The van der Waals surface area contributed by atoms with Crippen LogP contribution in [0.2, 0.25) is 0 Å². The summed E-state index contributed by atoms with van der Waals surface area (Å²) in [6.07, 6.45) is 1.93. The van der Waals surface area contributed by atoms with Crippen LogP contribution in [0.15, 0.2) is 18.2 Å². The van der Waals surface area contributed by atoms with Crippen molar-refractivity contribution in [1.29, 1.82) is 0 Å². The Kier molecular flexibility index (Phi) is 6.23. The Balaban J connectivity index is 1.92. The van der Waals surface area contributed by atoms with Crippen molar-refractivity contribution >= 4 is 29.5 Å². The molecule has 0 saturated carbocycles. The normalized spacial score (nSPS) is 12.3. The van der Waals surface area contributed by atoms with Crippen LogP contribution in [-0.2, 0) is 0 Å². The molecular formula is C23H29FN4O. The minimum atomic E-state index is -0.293. The largest absolute Gasteiger partial charge is 0.358 e. The summed E-state index contributed by atoms with van der Waals surface area (Å²) >= 11 is 0. The third kappa shape index (κ3) is 4.27. The fourth-order valence-corrected chi connectivity index (χ4v) is 3.76. The van der Waals surface area contributed by atoms with Gasteiger partial charge in [-0.3, -0.25) is 4.79 Å². The van der Waals surface area contributed by atoms with Crippen LogP contribution in [0.1, 0.15) is 41.2 Å². The summed E-state index contributed by atoms with van der Waals surface area (Å²) in [6.45, 7) is 15.4. The maximum absolute atomic E-state index is 13.7. The van der Waals surface area contributed by atoms with Crippen LogP contribution in [0.4, 0.5) is 4.39 Å². The number of fused-ring (bicyclic) bond motifs is 1. The topological polar surface area (TPSA) is 63.9 Å². The Morgan fingerprint density at radius 1 is 1.24 bits per heavy atom. The molecule has 5 nitrogen and oxygen atoms in total. The molecule has 29 heavy (non-hydrogen) atoms. The van der Waals surface area contributed by atoms with Gasteiger partial charge in [0.05, 0.1) is 5.56 Å². The second-order valence-electron chi connectivity index (χ2n) is 7.30. The fraction of sp³-hybridized carbons (Fsp3) is 0.348. The third-order valence-electron chi connectivity index (χ3n) is 5.48. The predicted molar refractivity (Wildman–Crippen MR) is 117 cm³/mol. The number of halogens is 1. The number of carbonyl (C=O) groups is 1. The van der Waals surface area contributed by atoms with Crippen LogP contribution in [-0.4, -0.2) is 47.0 Å². The van der Waals surface area contributed by atoms with Crippen molar-refractivity contribution in [2.24, 2.45) is 0 Å². The number of carbonyl (C=O) groups excluding carboxylic acids is 1. The zero-order valence-electron chi connectivity index (χ0n) is 17.6. The molecule has 1 aromatic carbocycles. The molecule has 0 aliphatic carbocycles. The Bertz CT molecular complexity index is 1140. The summed E-state index contributed by atoms with van der Waals surface area (Å²) in [5.41, 5.74) is 4.00. The minimum Gasteiger partial charge on any atom is -0.358 e. The van der Waals surface area contributed by atoms with Crippen LogP contribution in [0.3, 0.4) is 0 Å². The van der Waals surface area contributed by atoms with Gasteiger partial charge in [0.15, 0.2) is 0 Å². The molecule has 3 N–H and O–H groups in total. The van der Waals surface area contributed by atoms with Gasteiger partial charge in [0.2, 0.25) is 0 Å². The van der Waals surface area contributed by atoms with E-state index in [4.69, 9.17) is 0 Å². The molecule has 0 spiro atoms. The number of rotatable bonds is 7. The van der Waals surface area contributed by atoms with E-state index in [-0.39, 0.29) is 11.7 Å². The number of amides is 1. The number of aromatic amines is 2. The highest BCUT2D eigenvalue weighted by Gasteiger charge is 2.17. The zero-order chi connectivity index (χ0) is 21.1. The number of hydrogen-bond donors (Lipinski definition) is 3. The molecule has 0 aliphatic rings. The summed E-state index contributed by atoms with van der Waals surface area (Å²) in [6, 6.07) is 4.63. The van der Waals surface area contributed by atoms with Gasteiger partial charge in [-0.2, -0.15) is 0 Å². The summed E-state index contributed by atoms with van der Waals surface area (Å²) in [5.74, 6) is -0.373. The highest BCUT2D eigenvalue weighted by Crippen LogP contribution is 2.19. The molecule has 1 amide bonds.